The zero-order valence-corrected chi connectivity index (χ0v) is 14.2. The second kappa shape index (κ2) is 5.86. The van der Waals surface area contributed by atoms with Crippen molar-refractivity contribution in [2.75, 3.05) is 0 Å². The summed E-state index contributed by atoms with van der Waals surface area (Å²) in [7, 11) is 0. The predicted octanol–water partition coefficient (Wildman–Crippen LogP) is 1.88. The molecule has 1 heterocycles. The van der Waals surface area contributed by atoms with Crippen LogP contribution in [-0.4, -0.2) is 23.4 Å². The van der Waals surface area contributed by atoms with Gasteiger partial charge in [-0.1, -0.05) is 37.3 Å². The number of amides is 4. The molecule has 2 saturated carbocycles. The van der Waals surface area contributed by atoms with Crippen molar-refractivity contribution in [1.82, 2.24) is 16.0 Å². The molecule has 1 spiro atoms. The molecule has 1 aromatic carbocycles. The van der Waals surface area contributed by atoms with E-state index in [1.165, 1.54) is 0 Å². The number of carbonyl (C=O) groups is 3. The van der Waals surface area contributed by atoms with Gasteiger partial charge in [0.1, 0.15) is 5.54 Å². The van der Waals surface area contributed by atoms with Crippen molar-refractivity contribution in [1.29, 1.82) is 0 Å². The van der Waals surface area contributed by atoms with Crippen LogP contribution in [0.25, 0.3) is 0 Å². The maximum atomic E-state index is 13.0. The van der Waals surface area contributed by atoms with Crippen molar-refractivity contribution in [2.24, 2.45) is 17.8 Å². The minimum atomic E-state index is -0.879. The lowest BCUT2D eigenvalue weighted by atomic mass is 9.74. The normalized spacial score (nSPS) is 34.0. The van der Waals surface area contributed by atoms with E-state index < -0.39 is 11.6 Å². The Morgan fingerprint density at radius 3 is 2.64 bits per heavy atom. The minimum absolute atomic E-state index is 0.00349. The summed E-state index contributed by atoms with van der Waals surface area (Å²) in [5.41, 5.74) is 0.208. The zero-order valence-electron chi connectivity index (χ0n) is 14.2. The summed E-state index contributed by atoms with van der Waals surface area (Å²) in [6.07, 6.45) is 3.08. The molecule has 1 saturated heterocycles. The Balaban J connectivity index is 1.51. The number of rotatable bonds is 4. The third-order valence-corrected chi connectivity index (χ3v) is 6.14. The van der Waals surface area contributed by atoms with Gasteiger partial charge < -0.3 is 10.6 Å². The van der Waals surface area contributed by atoms with Gasteiger partial charge in [-0.15, -0.1) is 0 Å². The van der Waals surface area contributed by atoms with Crippen LogP contribution in [0.3, 0.4) is 0 Å². The first-order valence-electron chi connectivity index (χ1n) is 9.02. The first-order valence-corrected chi connectivity index (χ1v) is 9.02. The smallest absolute Gasteiger partial charge is 0.322 e. The van der Waals surface area contributed by atoms with E-state index in [0.29, 0.717) is 12.3 Å². The molecule has 3 aliphatic rings. The number of hydrogen-bond donors (Lipinski definition) is 3. The number of benzene rings is 1. The van der Waals surface area contributed by atoms with E-state index in [0.717, 1.165) is 24.8 Å². The lowest BCUT2D eigenvalue weighted by Crippen LogP contribution is -2.55. The molecule has 25 heavy (non-hydrogen) atoms. The lowest BCUT2D eigenvalue weighted by molar-refractivity contribution is -0.132. The number of nitrogens with one attached hydrogen (secondary N) is 3. The quantitative estimate of drug-likeness (QED) is 0.731. The highest BCUT2D eigenvalue weighted by Crippen LogP contribution is 2.55. The van der Waals surface area contributed by atoms with Gasteiger partial charge in [0.2, 0.25) is 5.91 Å². The van der Waals surface area contributed by atoms with Gasteiger partial charge in [-0.25, -0.2) is 4.79 Å². The summed E-state index contributed by atoms with van der Waals surface area (Å²) in [5, 5.41) is 8.32. The van der Waals surface area contributed by atoms with Gasteiger partial charge in [-0.2, -0.15) is 0 Å². The van der Waals surface area contributed by atoms with Crippen LogP contribution in [-0.2, 0) is 9.59 Å². The number of fused-ring (bicyclic) bond motifs is 3. The molecule has 6 nitrogen and oxygen atoms in total. The molecule has 2 aliphatic carbocycles. The Hall–Kier alpha value is -2.37. The highest BCUT2D eigenvalue weighted by Gasteiger charge is 2.64. The molecule has 2 unspecified atom stereocenters. The highest BCUT2D eigenvalue weighted by atomic mass is 16.2. The standard InChI is InChI=1S/C19H23N3O3/c1-2-15(12-6-4-3-5-7-12)20-16(23)13-8-11-9-14(13)19(10-11)17(24)21-18(25)22-19/h3-7,11,13-15H,2,8-10H2,1H3,(H,20,23)(H2,21,22,24,25)/t11-,13+,14+,15?,19?/m0/s1. The summed E-state index contributed by atoms with van der Waals surface area (Å²) in [6.45, 7) is 2.05. The van der Waals surface area contributed by atoms with Gasteiger partial charge in [0.15, 0.2) is 0 Å². The van der Waals surface area contributed by atoms with Gasteiger partial charge in [0.25, 0.3) is 5.91 Å². The van der Waals surface area contributed by atoms with Crippen LogP contribution in [0.1, 0.15) is 44.2 Å². The van der Waals surface area contributed by atoms with Crippen molar-refractivity contribution in [3.05, 3.63) is 35.9 Å². The molecule has 2 bridgehead atoms. The molecule has 0 radical (unpaired) electrons. The summed E-state index contributed by atoms with van der Waals surface area (Å²) in [5.74, 6) is -0.284. The van der Waals surface area contributed by atoms with Crippen molar-refractivity contribution < 1.29 is 14.4 Å². The molecule has 4 amide bonds. The van der Waals surface area contributed by atoms with E-state index in [1.54, 1.807) is 0 Å². The molecular weight excluding hydrogens is 318 g/mol. The van der Waals surface area contributed by atoms with Crippen molar-refractivity contribution in [3.63, 3.8) is 0 Å². The lowest BCUT2D eigenvalue weighted by Gasteiger charge is -2.35. The highest BCUT2D eigenvalue weighted by molar-refractivity contribution is 6.08. The zero-order chi connectivity index (χ0) is 17.6. The summed E-state index contributed by atoms with van der Waals surface area (Å²) < 4.78 is 0. The van der Waals surface area contributed by atoms with E-state index in [9.17, 15) is 14.4 Å². The Kier molecular flexibility index (Phi) is 3.78. The fraction of sp³-hybridized carbons (Fsp3) is 0.526. The monoisotopic (exact) mass is 341 g/mol. The van der Waals surface area contributed by atoms with Gasteiger partial charge in [0.05, 0.1) is 6.04 Å². The van der Waals surface area contributed by atoms with Crippen LogP contribution in [0.4, 0.5) is 4.79 Å². The summed E-state index contributed by atoms with van der Waals surface area (Å²) >= 11 is 0. The SMILES string of the molecule is CCC(NC(=O)[C@@H]1C[C@H]2C[C@H]1C1(C2)NC(=O)NC1=O)c1ccccc1. The van der Waals surface area contributed by atoms with Crippen molar-refractivity contribution in [2.45, 2.75) is 44.2 Å². The van der Waals surface area contributed by atoms with Gasteiger partial charge in [-0.05, 0) is 37.2 Å². The Morgan fingerprint density at radius 2 is 2.04 bits per heavy atom. The number of carbonyl (C=O) groups excluding carboxylic acids is 3. The molecule has 5 atom stereocenters. The van der Waals surface area contributed by atoms with Gasteiger partial charge in [-0.3, -0.25) is 14.9 Å². The molecule has 6 heteroatoms. The Labute approximate surface area is 146 Å². The second-order valence-electron chi connectivity index (χ2n) is 7.51. The van der Waals surface area contributed by atoms with Crippen molar-refractivity contribution in [3.8, 4) is 0 Å². The van der Waals surface area contributed by atoms with Crippen LogP contribution in [0.2, 0.25) is 0 Å². The van der Waals surface area contributed by atoms with Crippen LogP contribution >= 0.6 is 0 Å². The molecule has 0 aromatic heterocycles. The fourth-order valence-electron chi connectivity index (χ4n) is 5.05. The minimum Gasteiger partial charge on any atom is -0.349 e. The van der Waals surface area contributed by atoms with E-state index in [4.69, 9.17) is 0 Å². The maximum absolute atomic E-state index is 13.0. The summed E-state index contributed by atoms with van der Waals surface area (Å²) in [6, 6.07) is 9.45. The average Bonchev–Trinajstić information content (AvgIpc) is 3.26. The van der Waals surface area contributed by atoms with Gasteiger partial charge >= 0.3 is 6.03 Å². The third-order valence-electron chi connectivity index (χ3n) is 6.14. The van der Waals surface area contributed by atoms with Crippen LogP contribution in [0.15, 0.2) is 30.3 Å². The van der Waals surface area contributed by atoms with Crippen LogP contribution in [0.5, 0.6) is 0 Å². The first-order chi connectivity index (χ1) is 12.0. The number of urea groups is 1. The van der Waals surface area contributed by atoms with Crippen molar-refractivity contribution >= 4 is 17.8 Å². The predicted molar refractivity (Wildman–Crippen MR) is 91.3 cm³/mol. The number of imide groups is 1. The molecule has 3 N–H and O–H groups in total. The Morgan fingerprint density at radius 1 is 1.28 bits per heavy atom. The fourth-order valence-corrected chi connectivity index (χ4v) is 5.05. The molecule has 132 valence electrons. The topological polar surface area (TPSA) is 87.3 Å². The van der Waals surface area contributed by atoms with E-state index in [2.05, 4.69) is 16.0 Å². The van der Waals surface area contributed by atoms with E-state index in [-0.39, 0.29) is 29.7 Å². The molecular formula is C19H23N3O3. The van der Waals surface area contributed by atoms with Crippen LogP contribution in [0, 0.1) is 17.8 Å². The van der Waals surface area contributed by atoms with E-state index >= 15 is 0 Å². The molecule has 1 aromatic rings. The third kappa shape index (κ3) is 2.51. The van der Waals surface area contributed by atoms with Gasteiger partial charge in [0, 0.05) is 11.8 Å². The molecule has 3 fully saturated rings. The first kappa shape index (κ1) is 16.1. The summed E-state index contributed by atoms with van der Waals surface area (Å²) in [4.78, 5) is 36.9. The molecule has 4 rings (SSSR count). The maximum Gasteiger partial charge on any atom is 0.322 e. The largest absolute Gasteiger partial charge is 0.349 e. The number of hydrogen-bond acceptors (Lipinski definition) is 3. The molecule has 1 aliphatic heterocycles. The van der Waals surface area contributed by atoms with E-state index in [1.807, 2.05) is 37.3 Å². The second-order valence-corrected chi connectivity index (χ2v) is 7.51. The average molecular weight is 341 g/mol. The Bertz CT molecular complexity index is 720. The van der Waals surface area contributed by atoms with Crippen LogP contribution < -0.4 is 16.0 Å².